The Morgan fingerprint density at radius 2 is 1.82 bits per heavy atom. The van der Waals surface area contributed by atoms with Crippen molar-refractivity contribution >= 4 is 35.3 Å². The highest BCUT2D eigenvalue weighted by Crippen LogP contribution is 2.19. The number of rotatable bonds is 3. The number of anilines is 1. The largest absolute Gasteiger partial charge is 0.329 e. The van der Waals surface area contributed by atoms with Crippen molar-refractivity contribution in [2.24, 2.45) is 5.10 Å². The Labute approximate surface area is 133 Å². The van der Waals surface area contributed by atoms with E-state index in [0.29, 0.717) is 10.7 Å². The summed E-state index contributed by atoms with van der Waals surface area (Å²) >= 11 is 5.90. The van der Waals surface area contributed by atoms with Crippen molar-refractivity contribution in [1.29, 1.82) is 0 Å². The van der Waals surface area contributed by atoms with Crippen LogP contribution < -0.4 is 10.7 Å². The SMILES string of the molecule is Cc1cc(NC(=O)C(=O)N/N=C/c2ccccc2)ccc1Cl. The molecule has 0 atom stereocenters. The molecule has 2 N–H and O–H groups in total. The fourth-order valence-electron chi connectivity index (χ4n) is 1.67. The van der Waals surface area contributed by atoms with Crippen LogP contribution in [-0.2, 0) is 9.59 Å². The van der Waals surface area contributed by atoms with Gasteiger partial charge in [-0.05, 0) is 36.2 Å². The lowest BCUT2D eigenvalue weighted by Gasteiger charge is -2.05. The van der Waals surface area contributed by atoms with Gasteiger partial charge in [-0.3, -0.25) is 9.59 Å². The second kappa shape index (κ2) is 7.38. The number of nitrogens with one attached hydrogen (secondary N) is 2. The van der Waals surface area contributed by atoms with Crippen LogP contribution in [0.1, 0.15) is 11.1 Å². The van der Waals surface area contributed by atoms with Crippen LogP contribution in [0.4, 0.5) is 5.69 Å². The maximum Gasteiger partial charge on any atom is 0.329 e. The van der Waals surface area contributed by atoms with E-state index in [0.717, 1.165) is 11.1 Å². The highest BCUT2D eigenvalue weighted by Gasteiger charge is 2.13. The highest BCUT2D eigenvalue weighted by molar-refractivity contribution is 6.39. The Morgan fingerprint density at radius 3 is 2.50 bits per heavy atom. The minimum atomic E-state index is -0.847. The molecule has 0 unspecified atom stereocenters. The Bertz CT molecular complexity index is 715. The van der Waals surface area contributed by atoms with Crippen molar-refractivity contribution in [1.82, 2.24) is 5.43 Å². The van der Waals surface area contributed by atoms with Crippen LogP contribution in [0, 0.1) is 6.92 Å². The van der Waals surface area contributed by atoms with Crippen LogP contribution >= 0.6 is 11.6 Å². The standard InChI is InChI=1S/C16H14ClN3O2/c1-11-9-13(7-8-14(11)17)19-15(21)16(22)20-18-10-12-5-3-2-4-6-12/h2-10H,1H3,(H,19,21)(H,20,22)/b18-10+. The lowest BCUT2D eigenvalue weighted by atomic mass is 10.2. The van der Waals surface area contributed by atoms with Crippen molar-refractivity contribution in [2.45, 2.75) is 6.92 Å². The molecule has 0 aliphatic rings. The van der Waals surface area contributed by atoms with Gasteiger partial charge >= 0.3 is 11.8 Å². The average molecular weight is 316 g/mol. The molecular weight excluding hydrogens is 302 g/mol. The van der Waals surface area contributed by atoms with E-state index in [-0.39, 0.29) is 0 Å². The van der Waals surface area contributed by atoms with Crippen LogP contribution in [0.25, 0.3) is 0 Å². The molecule has 0 aliphatic carbocycles. The van der Waals surface area contributed by atoms with E-state index in [1.165, 1.54) is 6.21 Å². The Kier molecular flexibility index (Phi) is 5.27. The van der Waals surface area contributed by atoms with Crippen molar-refractivity contribution in [3.8, 4) is 0 Å². The van der Waals surface area contributed by atoms with Crippen LogP contribution in [0.3, 0.4) is 0 Å². The number of carbonyl (C=O) groups excluding carboxylic acids is 2. The predicted molar refractivity (Wildman–Crippen MR) is 87.0 cm³/mol. The summed E-state index contributed by atoms with van der Waals surface area (Å²) in [7, 11) is 0. The van der Waals surface area contributed by atoms with Gasteiger partial charge in [-0.15, -0.1) is 0 Å². The van der Waals surface area contributed by atoms with Crippen LogP contribution in [-0.4, -0.2) is 18.0 Å². The monoisotopic (exact) mass is 315 g/mol. The predicted octanol–water partition coefficient (Wildman–Crippen LogP) is 2.74. The van der Waals surface area contributed by atoms with Crippen molar-refractivity contribution < 1.29 is 9.59 Å². The highest BCUT2D eigenvalue weighted by atomic mass is 35.5. The lowest BCUT2D eigenvalue weighted by molar-refractivity contribution is -0.136. The second-order valence-corrected chi connectivity index (χ2v) is 4.94. The van der Waals surface area contributed by atoms with Gasteiger partial charge in [0.25, 0.3) is 0 Å². The van der Waals surface area contributed by atoms with Crippen molar-refractivity contribution in [3.05, 3.63) is 64.7 Å². The molecule has 112 valence electrons. The Morgan fingerprint density at radius 1 is 1.09 bits per heavy atom. The number of benzene rings is 2. The Balaban J connectivity index is 1.90. The lowest BCUT2D eigenvalue weighted by Crippen LogP contribution is -2.32. The first-order valence-electron chi connectivity index (χ1n) is 6.52. The molecule has 0 fully saturated rings. The van der Waals surface area contributed by atoms with Crippen LogP contribution in [0.5, 0.6) is 0 Å². The first-order chi connectivity index (χ1) is 10.6. The molecule has 0 spiro atoms. The number of nitrogens with zero attached hydrogens (tertiary/aromatic N) is 1. The van der Waals surface area contributed by atoms with Gasteiger partial charge < -0.3 is 5.32 Å². The van der Waals surface area contributed by atoms with E-state index in [1.807, 2.05) is 37.3 Å². The quantitative estimate of drug-likeness (QED) is 0.519. The fourth-order valence-corrected chi connectivity index (χ4v) is 1.78. The molecule has 0 aromatic heterocycles. The average Bonchev–Trinajstić information content (AvgIpc) is 2.52. The molecule has 0 bridgehead atoms. The minimum absolute atomic E-state index is 0.495. The molecule has 2 rings (SSSR count). The van der Waals surface area contributed by atoms with Gasteiger partial charge in [0.05, 0.1) is 6.21 Å². The summed E-state index contributed by atoms with van der Waals surface area (Å²) in [6.07, 6.45) is 1.46. The number of carbonyl (C=O) groups is 2. The van der Waals surface area contributed by atoms with Gasteiger partial charge in [0.15, 0.2) is 0 Å². The summed E-state index contributed by atoms with van der Waals surface area (Å²) in [6.45, 7) is 1.81. The molecule has 0 heterocycles. The number of amides is 2. The minimum Gasteiger partial charge on any atom is -0.318 e. The van der Waals surface area contributed by atoms with Crippen LogP contribution in [0.2, 0.25) is 5.02 Å². The smallest absolute Gasteiger partial charge is 0.318 e. The summed E-state index contributed by atoms with van der Waals surface area (Å²) in [5.41, 5.74) is 4.29. The maximum absolute atomic E-state index is 11.7. The molecule has 2 aromatic carbocycles. The molecule has 2 amide bonds. The number of hydrogen-bond acceptors (Lipinski definition) is 3. The van der Waals surface area contributed by atoms with E-state index < -0.39 is 11.8 Å². The Hall–Kier alpha value is -2.66. The topological polar surface area (TPSA) is 70.6 Å². The number of hydrazone groups is 1. The molecule has 5 nitrogen and oxygen atoms in total. The normalized spacial score (nSPS) is 10.5. The number of aryl methyl sites for hydroxylation is 1. The summed E-state index contributed by atoms with van der Waals surface area (Å²) in [6, 6.07) is 14.2. The van der Waals surface area contributed by atoms with Crippen LogP contribution in [0.15, 0.2) is 53.6 Å². The van der Waals surface area contributed by atoms with E-state index >= 15 is 0 Å². The van der Waals surface area contributed by atoms with E-state index in [9.17, 15) is 9.59 Å². The summed E-state index contributed by atoms with van der Waals surface area (Å²) < 4.78 is 0. The van der Waals surface area contributed by atoms with E-state index in [4.69, 9.17) is 11.6 Å². The molecule has 2 aromatic rings. The summed E-state index contributed by atoms with van der Waals surface area (Å²) in [4.78, 5) is 23.3. The number of halogens is 1. The third-order valence-electron chi connectivity index (χ3n) is 2.80. The molecule has 6 heteroatoms. The van der Waals surface area contributed by atoms with E-state index in [1.54, 1.807) is 18.2 Å². The first kappa shape index (κ1) is 15.7. The number of hydrogen-bond donors (Lipinski definition) is 2. The molecule has 22 heavy (non-hydrogen) atoms. The van der Waals surface area contributed by atoms with Crippen molar-refractivity contribution in [3.63, 3.8) is 0 Å². The zero-order chi connectivity index (χ0) is 15.9. The molecule has 0 radical (unpaired) electrons. The third kappa shape index (κ3) is 4.43. The molecular formula is C16H14ClN3O2. The fraction of sp³-hybridized carbons (Fsp3) is 0.0625. The third-order valence-corrected chi connectivity index (χ3v) is 3.23. The van der Waals surface area contributed by atoms with Gasteiger partial charge in [0.1, 0.15) is 0 Å². The molecule has 0 saturated carbocycles. The second-order valence-electron chi connectivity index (χ2n) is 4.53. The maximum atomic E-state index is 11.7. The zero-order valence-electron chi connectivity index (χ0n) is 11.8. The van der Waals surface area contributed by atoms with Crippen molar-refractivity contribution in [2.75, 3.05) is 5.32 Å². The summed E-state index contributed by atoms with van der Waals surface area (Å²) in [5.74, 6) is -1.65. The first-order valence-corrected chi connectivity index (χ1v) is 6.89. The summed E-state index contributed by atoms with van der Waals surface area (Å²) in [5, 5.41) is 6.80. The van der Waals surface area contributed by atoms with Gasteiger partial charge in [-0.1, -0.05) is 41.9 Å². The van der Waals surface area contributed by atoms with E-state index in [2.05, 4.69) is 15.8 Å². The van der Waals surface area contributed by atoms with Gasteiger partial charge in [-0.25, -0.2) is 5.43 Å². The van der Waals surface area contributed by atoms with Gasteiger partial charge in [0.2, 0.25) is 0 Å². The van der Waals surface area contributed by atoms with Gasteiger partial charge in [0, 0.05) is 10.7 Å². The molecule has 0 aliphatic heterocycles. The zero-order valence-corrected chi connectivity index (χ0v) is 12.6. The molecule has 0 saturated heterocycles. The van der Waals surface area contributed by atoms with Gasteiger partial charge in [-0.2, -0.15) is 5.10 Å².